The van der Waals surface area contributed by atoms with E-state index in [1.807, 2.05) is 13.8 Å². The minimum atomic E-state index is -1.10. The first-order chi connectivity index (χ1) is 7.04. The van der Waals surface area contributed by atoms with Crippen molar-refractivity contribution in [3.63, 3.8) is 0 Å². The van der Waals surface area contributed by atoms with Gasteiger partial charge in [-0.25, -0.2) is 14.6 Å². The molecule has 1 aromatic rings. The van der Waals surface area contributed by atoms with Crippen LogP contribution in [-0.2, 0) is 0 Å². The highest BCUT2D eigenvalue weighted by Gasteiger charge is 2.10. The number of carboxylic acid groups (broad SMARTS) is 1. The molecule has 5 heteroatoms. The summed E-state index contributed by atoms with van der Waals surface area (Å²) >= 11 is 0. The maximum absolute atomic E-state index is 10.7. The lowest BCUT2D eigenvalue weighted by Crippen LogP contribution is -2.12. The van der Waals surface area contributed by atoms with Crippen molar-refractivity contribution in [3.8, 4) is 0 Å². The molecule has 5 nitrogen and oxygen atoms in total. The van der Waals surface area contributed by atoms with E-state index in [9.17, 15) is 4.79 Å². The van der Waals surface area contributed by atoms with Gasteiger partial charge in [-0.3, -0.25) is 0 Å². The molecule has 0 aliphatic rings. The summed E-state index contributed by atoms with van der Waals surface area (Å²) < 4.78 is 0. The summed E-state index contributed by atoms with van der Waals surface area (Å²) in [7, 11) is 0. The highest BCUT2D eigenvalue weighted by molar-refractivity contribution is 5.87. The number of anilines is 1. The summed E-state index contributed by atoms with van der Waals surface area (Å²) in [4.78, 5) is 17.8. The molecular weight excluding hydrogens is 194 g/mol. The smallest absolute Gasteiger partial charge is 0.354 e. The number of pyridine rings is 1. The second-order valence-corrected chi connectivity index (χ2v) is 3.28. The van der Waals surface area contributed by atoms with E-state index in [-0.39, 0.29) is 11.7 Å². The molecule has 15 heavy (non-hydrogen) atoms. The Bertz CT molecular complexity index is 421. The van der Waals surface area contributed by atoms with Gasteiger partial charge < -0.3 is 10.4 Å². The molecule has 0 atom stereocenters. The second-order valence-electron chi connectivity index (χ2n) is 3.28. The number of hydrogen-bond acceptors (Lipinski definition) is 3. The van der Waals surface area contributed by atoms with Crippen LogP contribution in [0.1, 0.15) is 24.3 Å². The van der Waals surface area contributed by atoms with Crippen molar-refractivity contribution < 1.29 is 9.90 Å². The van der Waals surface area contributed by atoms with Gasteiger partial charge in [-0.2, -0.15) is 0 Å². The van der Waals surface area contributed by atoms with Crippen LogP contribution in [0.4, 0.5) is 11.5 Å². The number of aromatic carboxylic acids is 1. The fourth-order valence-corrected chi connectivity index (χ4v) is 1.04. The number of nitrogens with one attached hydrogen (secondary N) is 1. The minimum Gasteiger partial charge on any atom is -0.477 e. The lowest BCUT2D eigenvalue weighted by atomic mass is 10.3. The van der Waals surface area contributed by atoms with Crippen LogP contribution in [0.15, 0.2) is 12.1 Å². The summed E-state index contributed by atoms with van der Waals surface area (Å²) in [5, 5.41) is 11.7. The van der Waals surface area contributed by atoms with Crippen molar-refractivity contribution >= 4 is 17.5 Å². The maximum Gasteiger partial charge on any atom is 0.354 e. The number of carboxylic acids is 1. The first-order valence-corrected chi connectivity index (χ1v) is 4.43. The number of aromatic nitrogens is 1. The van der Waals surface area contributed by atoms with Crippen LogP contribution in [0.5, 0.6) is 0 Å². The fraction of sp³-hybridized carbons (Fsp3) is 0.300. The average molecular weight is 205 g/mol. The quantitative estimate of drug-likeness (QED) is 0.742. The third kappa shape index (κ3) is 2.68. The molecule has 0 saturated heterocycles. The van der Waals surface area contributed by atoms with Gasteiger partial charge in [0.15, 0.2) is 0 Å². The highest BCUT2D eigenvalue weighted by atomic mass is 16.4. The molecule has 0 spiro atoms. The summed E-state index contributed by atoms with van der Waals surface area (Å²) in [6.45, 7) is 10.7. The number of nitrogens with zero attached hydrogens (tertiary/aromatic N) is 2. The van der Waals surface area contributed by atoms with Gasteiger partial charge in [-0.1, -0.05) is 6.07 Å². The van der Waals surface area contributed by atoms with Crippen molar-refractivity contribution in [2.45, 2.75) is 19.9 Å². The zero-order valence-electron chi connectivity index (χ0n) is 8.48. The molecule has 1 aromatic heterocycles. The summed E-state index contributed by atoms with van der Waals surface area (Å²) in [6, 6.07) is 2.87. The summed E-state index contributed by atoms with van der Waals surface area (Å²) in [5.41, 5.74) is 0.263. The van der Waals surface area contributed by atoms with Gasteiger partial charge in [0.05, 0.1) is 6.57 Å². The van der Waals surface area contributed by atoms with Crippen LogP contribution in [0, 0.1) is 6.57 Å². The van der Waals surface area contributed by atoms with Crippen molar-refractivity contribution in [3.05, 3.63) is 29.2 Å². The number of rotatable bonds is 3. The van der Waals surface area contributed by atoms with E-state index >= 15 is 0 Å². The van der Waals surface area contributed by atoms with E-state index in [2.05, 4.69) is 15.1 Å². The largest absolute Gasteiger partial charge is 0.477 e. The van der Waals surface area contributed by atoms with Crippen LogP contribution < -0.4 is 5.32 Å². The normalized spacial score (nSPS) is 9.73. The third-order valence-corrected chi connectivity index (χ3v) is 1.64. The van der Waals surface area contributed by atoms with Gasteiger partial charge in [-0.05, 0) is 19.9 Å². The van der Waals surface area contributed by atoms with E-state index in [1.54, 1.807) is 0 Å². The Morgan fingerprint density at radius 2 is 2.27 bits per heavy atom. The Labute approximate surface area is 87.6 Å². The predicted octanol–water partition coefficient (Wildman–Crippen LogP) is 2.15. The van der Waals surface area contributed by atoms with Crippen LogP contribution in [0.2, 0.25) is 0 Å². The Morgan fingerprint density at radius 1 is 1.60 bits per heavy atom. The Balaban J connectivity index is 3.14. The first kappa shape index (κ1) is 11.0. The van der Waals surface area contributed by atoms with Crippen molar-refractivity contribution in [2.24, 2.45) is 0 Å². The van der Waals surface area contributed by atoms with Gasteiger partial charge >= 0.3 is 5.97 Å². The van der Waals surface area contributed by atoms with E-state index in [1.165, 1.54) is 12.1 Å². The van der Waals surface area contributed by atoms with Gasteiger partial charge in [-0.15, -0.1) is 0 Å². The summed E-state index contributed by atoms with van der Waals surface area (Å²) in [6.07, 6.45) is 0. The van der Waals surface area contributed by atoms with Gasteiger partial charge in [0, 0.05) is 6.04 Å². The molecular formula is C10H11N3O2. The van der Waals surface area contributed by atoms with Crippen LogP contribution >= 0.6 is 0 Å². The van der Waals surface area contributed by atoms with Gasteiger partial charge in [0.25, 0.3) is 0 Å². The van der Waals surface area contributed by atoms with E-state index < -0.39 is 5.97 Å². The number of carbonyl (C=O) groups is 1. The molecule has 0 aromatic carbocycles. The molecule has 0 amide bonds. The Kier molecular flexibility index (Phi) is 3.24. The van der Waals surface area contributed by atoms with Crippen molar-refractivity contribution in [1.29, 1.82) is 0 Å². The Hall–Kier alpha value is -2.09. The molecule has 78 valence electrons. The zero-order chi connectivity index (χ0) is 11.4. The topological polar surface area (TPSA) is 66.6 Å². The minimum absolute atomic E-state index is 0.0643. The fourth-order valence-electron chi connectivity index (χ4n) is 1.04. The van der Waals surface area contributed by atoms with E-state index in [0.29, 0.717) is 11.5 Å². The lowest BCUT2D eigenvalue weighted by molar-refractivity contribution is 0.0690. The SMILES string of the molecule is [C-]#[N+]c1ccc(C(=O)O)nc1NC(C)C. The zero-order valence-corrected chi connectivity index (χ0v) is 8.48. The molecule has 0 aliphatic heterocycles. The molecule has 1 heterocycles. The maximum atomic E-state index is 10.7. The molecule has 2 N–H and O–H groups in total. The Morgan fingerprint density at radius 3 is 2.73 bits per heavy atom. The molecule has 0 fully saturated rings. The molecule has 0 radical (unpaired) electrons. The molecule has 0 bridgehead atoms. The lowest BCUT2D eigenvalue weighted by Gasteiger charge is -2.10. The van der Waals surface area contributed by atoms with Crippen molar-refractivity contribution in [2.75, 3.05) is 5.32 Å². The van der Waals surface area contributed by atoms with Crippen molar-refractivity contribution in [1.82, 2.24) is 4.98 Å². The standard InChI is InChI=1S/C10H11N3O2/c1-6(2)12-9-7(11-3)4-5-8(13-9)10(14)15/h4-6H,1-2H3,(H,12,13)(H,14,15). The van der Waals surface area contributed by atoms with Crippen LogP contribution in [0.25, 0.3) is 4.85 Å². The molecule has 0 aliphatic carbocycles. The van der Waals surface area contributed by atoms with E-state index in [0.717, 1.165) is 0 Å². The summed E-state index contributed by atoms with van der Waals surface area (Å²) in [5.74, 6) is -0.779. The number of hydrogen-bond donors (Lipinski definition) is 2. The molecule has 1 rings (SSSR count). The highest BCUT2D eigenvalue weighted by Crippen LogP contribution is 2.23. The monoisotopic (exact) mass is 205 g/mol. The first-order valence-electron chi connectivity index (χ1n) is 4.43. The third-order valence-electron chi connectivity index (χ3n) is 1.64. The molecule has 0 unspecified atom stereocenters. The van der Waals surface area contributed by atoms with E-state index in [4.69, 9.17) is 11.7 Å². The van der Waals surface area contributed by atoms with Gasteiger partial charge in [0.2, 0.25) is 5.69 Å². The second kappa shape index (κ2) is 4.42. The van der Waals surface area contributed by atoms with Crippen LogP contribution in [0.3, 0.4) is 0 Å². The predicted molar refractivity (Wildman–Crippen MR) is 56.2 cm³/mol. The average Bonchev–Trinajstić information content (AvgIpc) is 2.16. The molecule has 0 saturated carbocycles. The van der Waals surface area contributed by atoms with Crippen LogP contribution in [-0.4, -0.2) is 22.1 Å². The van der Waals surface area contributed by atoms with Gasteiger partial charge in [0.1, 0.15) is 11.5 Å².